The summed E-state index contributed by atoms with van der Waals surface area (Å²) in [6.07, 6.45) is 4.27. The van der Waals surface area contributed by atoms with Gasteiger partial charge >= 0.3 is 0 Å². The first kappa shape index (κ1) is 8.75. The molecule has 1 aliphatic rings. The van der Waals surface area contributed by atoms with Crippen molar-refractivity contribution < 1.29 is 4.79 Å². The Labute approximate surface area is 81.8 Å². The molecule has 2 atom stereocenters. The lowest BCUT2D eigenvalue weighted by Gasteiger charge is -2.06. The zero-order chi connectivity index (χ0) is 9.26. The molecule has 0 bridgehead atoms. The highest BCUT2D eigenvalue weighted by molar-refractivity contribution is 8.01. The van der Waals surface area contributed by atoms with Crippen molar-refractivity contribution in [3.63, 3.8) is 0 Å². The number of carbonyl (C=O) groups excluding carboxylic acids is 1. The second-order valence-corrected chi connectivity index (χ2v) is 4.77. The van der Waals surface area contributed by atoms with Gasteiger partial charge in [-0.1, -0.05) is 6.07 Å². The number of nitrogens with zero attached hydrogens (tertiary/aromatic N) is 1. The van der Waals surface area contributed by atoms with E-state index in [0.717, 1.165) is 0 Å². The third-order valence-electron chi connectivity index (χ3n) is 2.26. The Hall–Kier alpha value is -0.830. The zero-order valence-corrected chi connectivity index (χ0v) is 8.25. The van der Waals surface area contributed by atoms with Gasteiger partial charge in [-0.3, -0.25) is 9.78 Å². The predicted octanol–water partition coefficient (Wildman–Crippen LogP) is 2.22. The summed E-state index contributed by atoms with van der Waals surface area (Å²) in [6, 6.07) is 3.96. The predicted molar refractivity (Wildman–Crippen MR) is 53.7 cm³/mol. The molecule has 2 heterocycles. The number of rotatable bonds is 1. The summed E-state index contributed by atoms with van der Waals surface area (Å²) >= 11 is 1.74. The quantitative estimate of drug-likeness (QED) is 0.685. The second kappa shape index (κ2) is 3.50. The van der Waals surface area contributed by atoms with E-state index in [4.69, 9.17) is 0 Å². The fourth-order valence-electron chi connectivity index (χ4n) is 1.48. The Morgan fingerprint density at radius 1 is 1.62 bits per heavy atom. The monoisotopic (exact) mass is 193 g/mol. The highest BCUT2D eigenvalue weighted by atomic mass is 32.2. The third kappa shape index (κ3) is 1.75. The molecule has 0 aliphatic carbocycles. The molecule has 1 aromatic rings. The van der Waals surface area contributed by atoms with E-state index in [1.807, 2.05) is 25.3 Å². The van der Waals surface area contributed by atoms with Crippen LogP contribution in [0.4, 0.5) is 0 Å². The number of hydrogen-bond donors (Lipinski definition) is 0. The summed E-state index contributed by atoms with van der Waals surface area (Å²) in [7, 11) is 0. The Morgan fingerprint density at radius 3 is 3.00 bits per heavy atom. The normalized spacial score (nSPS) is 27.9. The highest BCUT2D eigenvalue weighted by Crippen LogP contribution is 2.41. The van der Waals surface area contributed by atoms with Gasteiger partial charge in [-0.05, 0) is 18.6 Å². The zero-order valence-electron chi connectivity index (χ0n) is 7.43. The average molecular weight is 193 g/mol. The number of ketones is 1. The molecule has 0 aromatic carbocycles. The van der Waals surface area contributed by atoms with Crippen LogP contribution in [0.25, 0.3) is 0 Å². The fraction of sp³-hybridized carbons (Fsp3) is 0.400. The standard InChI is InChI=1S/C10H11NOS/c1-7-9(12)5-10(13-7)8-3-2-4-11-6-8/h2-4,6-7,10H,5H2,1H3. The van der Waals surface area contributed by atoms with Gasteiger partial charge in [-0.2, -0.15) is 0 Å². The van der Waals surface area contributed by atoms with Gasteiger partial charge in [0.25, 0.3) is 0 Å². The molecule has 0 saturated carbocycles. The van der Waals surface area contributed by atoms with E-state index in [1.165, 1.54) is 5.56 Å². The van der Waals surface area contributed by atoms with E-state index >= 15 is 0 Å². The van der Waals surface area contributed by atoms with Gasteiger partial charge in [0.15, 0.2) is 0 Å². The molecule has 0 amide bonds. The Bertz CT molecular complexity index is 312. The van der Waals surface area contributed by atoms with Crippen molar-refractivity contribution in [3.05, 3.63) is 30.1 Å². The summed E-state index contributed by atoms with van der Waals surface area (Å²) in [5.41, 5.74) is 1.17. The minimum absolute atomic E-state index is 0.158. The second-order valence-electron chi connectivity index (χ2n) is 3.22. The maximum atomic E-state index is 11.3. The van der Waals surface area contributed by atoms with Crippen LogP contribution >= 0.6 is 11.8 Å². The maximum Gasteiger partial charge on any atom is 0.147 e. The van der Waals surface area contributed by atoms with Crippen molar-refractivity contribution in [3.8, 4) is 0 Å². The summed E-state index contributed by atoms with van der Waals surface area (Å²) in [6.45, 7) is 1.98. The Balaban J connectivity index is 2.17. The van der Waals surface area contributed by atoms with E-state index in [0.29, 0.717) is 17.5 Å². The van der Waals surface area contributed by atoms with Gasteiger partial charge < -0.3 is 0 Å². The van der Waals surface area contributed by atoms with Gasteiger partial charge in [0, 0.05) is 24.1 Å². The third-order valence-corrected chi connectivity index (χ3v) is 3.70. The van der Waals surface area contributed by atoms with E-state index in [-0.39, 0.29) is 5.25 Å². The number of hydrogen-bond acceptors (Lipinski definition) is 3. The molecule has 13 heavy (non-hydrogen) atoms. The molecule has 0 N–H and O–H groups in total. The molecule has 1 fully saturated rings. The van der Waals surface area contributed by atoms with E-state index < -0.39 is 0 Å². The van der Waals surface area contributed by atoms with Gasteiger partial charge in [0.05, 0.1) is 5.25 Å². The summed E-state index contributed by atoms with van der Waals surface area (Å²) in [4.78, 5) is 15.4. The van der Waals surface area contributed by atoms with Crippen molar-refractivity contribution >= 4 is 17.5 Å². The minimum Gasteiger partial charge on any atom is -0.298 e. The molecular formula is C10H11NOS. The van der Waals surface area contributed by atoms with Crippen LogP contribution in [-0.4, -0.2) is 16.0 Å². The first-order valence-corrected chi connectivity index (χ1v) is 5.30. The van der Waals surface area contributed by atoms with Crippen LogP contribution in [0.15, 0.2) is 24.5 Å². The molecule has 2 rings (SSSR count). The van der Waals surface area contributed by atoms with E-state index in [9.17, 15) is 4.79 Å². The SMILES string of the molecule is CC1SC(c2cccnc2)CC1=O. The maximum absolute atomic E-state index is 11.3. The van der Waals surface area contributed by atoms with Crippen LogP contribution in [0, 0.1) is 0 Å². The number of pyridine rings is 1. The van der Waals surface area contributed by atoms with Crippen molar-refractivity contribution in [1.82, 2.24) is 4.98 Å². The van der Waals surface area contributed by atoms with Gasteiger partial charge in [0.2, 0.25) is 0 Å². The number of aromatic nitrogens is 1. The lowest BCUT2D eigenvalue weighted by molar-refractivity contribution is -0.117. The number of carbonyl (C=O) groups is 1. The van der Waals surface area contributed by atoms with Gasteiger partial charge in [0.1, 0.15) is 5.78 Å². The molecule has 1 aliphatic heterocycles. The lowest BCUT2D eigenvalue weighted by Crippen LogP contribution is -2.03. The summed E-state index contributed by atoms with van der Waals surface area (Å²) < 4.78 is 0. The number of thioether (sulfide) groups is 1. The van der Waals surface area contributed by atoms with Crippen molar-refractivity contribution in [1.29, 1.82) is 0 Å². The number of Topliss-reactive ketones (excluding diaryl/α,β-unsaturated/α-hetero) is 1. The molecule has 0 radical (unpaired) electrons. The molecule has 1 saturated heterocycles. The molecule has 2 unspecified atom stereocenters. The van der Waals surface area contributed by atoms with Crippen molar-refractivity contribution in [2.24, 2.45) is 0 Å². The fourth-order valence-corrected chi connectivity index (χ4v) is 2.78. The van der Waals surface area contributed by atoms with Crippen LogP contribution < -0.4 is 0 Å². The highest BCUT2D eigenvalue weighted by Gasteiger charge is 2.30. The molecule has 68 valence electrons. The molecular weight excluding hydrogens is 182 g/mol. The summed E-state index contributed by atoms with van der Waals surface area (Å²) in [5, 5.41) is 0.487. The van der Waals surface area contributed by atoms with E-state index in [1.54, 1.807) is 18.0 Å². The van der Waals surface area contributed by atoms with Crippen LogP contribution in [0.1, 0.15) is 24.2 Å². The molecule has 0 spiro atoms. The van der Waals surface area contributed by atoms with Gasteiger partial charge in [-0.15, -0.1) is 11.8 Å². The van der Waals surface area contributed by atoms with Crippen LogP contribution in [-0.2, 0) is 4.79 Å². The van der Waals surface area contributed by atoms with Gasteiger partial charge in [-0.25, -0.2) is 0 Å². The first-order chi connectivity index (χ1) is 6.27. The van der Waals surface area contributed by atoms with E-state index in [2.05, 4.69) is 4.98 Å². The first-order valence-electron chi connectivity index (χ1n) is 4.35. The van der Waals surface area contributed by atoms with Crippen LogP contribution in [0.5, 0.6) is 0 Å². The lowest BCUT2D eigenvalue weighted by atomic mass is 10.1. The molecule has 2 nitrogen and oxygen atoms in total. The average Bonchev–Trinajstić information content (AvgIpc) is 2.49. The van der Waals surface area contributed by atoms with Crippen molar-refractivity contribution in [2.45, 2.75) is 23.8 Å². The molecule has 3 heteroatoms. The smallest absolute Gasteiger partial charge is 0.147 e. The largest absolute Gasteiger partial charge is 0.298 e. The topological polar surface area (TPSA) is 30.0 Å². The molecule has 1 aromatic heterocycles. The van der Waals surface area contributed by atoms with Crippen LogP contribution in [0.3, 0.4) is 0 Å². The van der Waals surface area contributed by atoms with Crippen LogP contribution in [0.2, 0.25) is 0 Å². The Morgan fingerprint density at radius 2 is 2.46 bits per heavy atom. The van der Waals surface area contributed by atoms with Crippen molar-refractivity contribution in [2.75, 3.05) is 0 Å². The minimum atomic E-state index is 0.158. The Kier molecular flexibility index (Phi) is 2.36. The summed E-state index contributed by atoms with van der Waals surface area (Å²) in [5.74, 6) is 0.360.